The lowest BCUT2D eigenvalue weighted by atomic mass is 10.1. The van der Waals surface area contributed by atoms with Crippen LogP contribution in [0.5, 0.6) is 0 Å². The van der Waals surface area contributed by atoms with E-state index in [4.69, 9.17) is 9.88 Å². The molecule has 1 amide bonds. The van der Waals surface area contributed by atoms with Crippen molar-refractivity contribution >= 4 is 31.9 Å². The number of methoxy groups -OCH3 is 1. The fourth-order valence-electron chi connectivity index (χ4n) is 1.58. The van der Waals surface area contributed by atoms with E-state index in [9.17, 15) is 13.2 Å². The molecular weight excluding hydrogens is 348 g/mol. The van der Waals surface area contributed by atoms with Crippen molar-refractivity contribution in [1.82, 2.24) is 5.32 Å². The predicted octanol–water partition coefficient (Wildman–Crippen LogP) is 1.11. The number of hydrogen-bond donors (Lipinski definition) is 2. The second-order valence-corrected chi connectivity index (χ2v) is 6.84. The molecule has 0 heterocycles. The summed E-state index contributed by atoms with van der Waals surface area (Å²) < 4.78 is 28.0. The number of benzene rings is 1. The van der Waals surface area contributed by atoms with Crippen LogP contribution < -0.4 is 10.5 Å². The Hall–Kier alpha value is -0.960. The first-order valence-corrected chi connectivity index (χ1v) is 8.19. The van der Waals surface area contributed by atoms with Crippen molar-refractivity contribution in [2.45, 2.75) is 11.8 Å². The van der Waals surface area contributed by atoms with Crippen LogP contribution in [0.1, 0.15) is 17.3 Å². The van der Waals surface area contributed by atoms with E-state index in [1.807, 2.05) is 6.92 Å². The molecule has 1 rings (SSSR count). The molecule has 1 aromatic rings. The Kier molecular flexibility index (Phi) is 6.12. The minimum absolute atomic E-state index is 0.116. The first kappa shape index (κ1) is 17.1. The van der Waals surface area contributed by atoms with Crippen LogP contribution >= 0.6 is 15.9 Å². The summed E-state index contributed by atoms with van der Waals surface area (Å²) in [5.41, 5.74) is 0.238. The third-order valence-corrected chi connectivity index (χ3v) is 4.47. The number of halogens is 1. The third kappa shape index (κ3) is 4.86. The Morgan fingerprint density at radius 2 is 2.15 bits per heavy atom. The van der Waals surface area contributed by atoms with E-state index in [1.54, 1.807) is 7.11 Å². The first-order chi connectivity index (χ1) is 9.25. The summed E-state index contributed by atoms with van der Waals surface area (Å²) in [7, 11) is -2.29. The third-order valence-electron chi connectivity index (χ3n) is 2.56. The molecule has 1 unspecified atom stereocenters. The van der Waals surface area contributed by atoms with E-state index < -0.39 is 10.0 Å². The van der Waals surface area contributed by atoms with Gasteiger partial charge in [-0.25, -0.2) is 13.6 Å². The van der Waals surface area contributed by atoms with Crippen molar-refractivity contribution in [3.05, 3.63) is 28.2 Å². The summed E-state index contributed by atoms with van der Waals surface area (Å²) in [6.45, 7) is 2.90. The van der Waals surface area contributed by atoms with Gasteiger partial charge in [-0.1, -0.05) is 6.92 Å². The van der Waals surface area contributed by atoms with Crippen LogP contribution in [0, 0.1) is 5.92 Å². The van der Waals surface area contributed by atoms with Crippen molar-refractivity contribution in [1.29, 1.82) is 0 Å². The number of carbonyl (C=O) groups excluding carboxylic acids is 1. The van der Waals surface area contributed by atoms with Crippen molar-refractivity contribution in [2.24, 2.45) is 11.1 Å². The van der Waals surface area contributed by atoms with Gasteiger partial charge in [0.2, 0.25) is 10.0 Å². The predicted molar refractivity (Wildman–Crippen MR) is 78.9 cm³/mol. The number of nitrogens with two attached hydrogens (primary N) is 1. The van der Waals surface area contributed by atoms with Gasteiger partial charge in [-0.2, -0.15) is 0 Å². The highest BCUT2D eigenvalue weighted by Crippen LogP contribution is 2.22. The van der Waals surface area contributed by atoms with Crippen molar-refractivity contribution < 1.29 is 17.9 Å². The monoisotopic (exact) mass is 364 g/mol. The second kappa shape index (κ2) is 7.16. The Bertz CT molecular complexity index is 589. The van der Waals surface area contributed by atoms with E-state index >= 15 is 0 Å². The lowest BCUT2D eigenvalue weighted by Gasteiger charge is -2.12. The Balaban J connectivity index is 2.85. The molecule has 1 atom stereocenters. The molecule has 20 heavy (non-hydrogen) atoms. The number of amides is 1. The summed E-state index contributed by atoms with van der Waals surface area (Å²) in [5, 5.41) is 7.79. The summed E-state index contributed by atoms with van der Waals surface area (Å²) in [4.78, 5) is 11.8. The van der Waals surface area contributed by atoms with Crippen LogP contribution in [-0.2, 0) is 14.8 Å². The SMILES string of the molecule is COCC(C)CNC(=O)c1ccc(Br)c(S(N)(=O)=O)c1. The summed E-state index contributed by atoms with van der Waals surface area (Å²) >= 11 is 3.09. The van der Waals surface area contributed by atoms with Gasteiger partial charge < -0.3 is 10.1 Å². The van der Waals surface area contributed by atoms with Crippen LogP contribution in [0.25, 0.3) is 0 Å². The van der Waals surface area contributed by atoms with Gasteiger partial charge in [-0.3, -0.25) is 4.79 Å². The summed E-state index contributed by atoms with van der Waals surface area (Å²) in [6.07, 6.45) is 0. The standard InChI is InChI=1S/C12H17BrN2O4S/c1-8(7-19-2)6-15-12(16)9-3-4-10(13)11(5-9)20(14,17)18/h3-5,8H,6-7H2,1-2H3,(H,15,16)(H2,14,17,18). The van der Waals surface area contributed by atoms with Crippen molar-refractivity contribution in [3.8, 4) is 0 Å². The molecule has 3 N–H and O–H groups in total. The zero-order chi connectivity index (χ0) is 15.3. The lowest BCUT2D eigenvalue weighted by Crippen LogP contribution is -2.30. The average Bonchev–Trinajstić information content (AvgIpc) is 2.35. The second-order valence-electron chi connectivity index (χ2n) is 4.46. The molecule has 0 fully saturated rings. The molecule has 0 radical (unpaired) electrons. The van der Waals surface area contributed by atoms with Crippen LogP contribution in [-0.4, -0.2) is 34.6 Å². The number of ether oxygens (including phenoxy) is 1. The molecule has 6 nitrogen and oxygen atoms in total. The maximum Gasteiger partial charge on any atom is 0.251 e. The quantitative estimate of drug-likeness (QED) is 0.789. The maximum atomic E-state index is 11.9. The average molecular weight is 365 g/mol. The van der Waals surface area contributed by atoms with Gasteiger partial charge in [0.15, 0.2) is 0 Å². The van der Waals surface area contributed by atoms with Crippen LogP contribution in [0.15, 0.2) is 27.6 Å². The molecule has 0 aliphatic heterocycles. The molecule has 0 aliphatic carbocycles. The maximum absolute atomic E-state index is 11.9. The van der Waals surface area contributed by atoms with E-state index in [2.05, 4.69) is 21.2 Å². The van der Waals surface area contributed by atoms with E-state index in [1.165, 1.54) is 18.2 Å². The largest absolute Gasteiger partial charge is 0.384 e. The van der Waals surface area contributed by atoms with E-state index in [0.29, 0.717) is 17.6 Å². The molecule has 8 heteroatoms. The smallest absolute Gasteiger partial charge is 0.251 e. The minimum Gasteiger partial charge on any atom is -0.384 e. The zero-order valence-electron chi connectivity index (χ0n) is 11.2. The topological polar surface area (TPSA) is 98.5 Å². The highest BCUT2D eigenvalue weighted by Gasteiger charge is 2.16. The normalized spacial score (nSPS) is 13.0. The molecule has 0 aliphatic rings. The molecule has 0 aromatic heterocycles. The molecule has 0 saturated carbocycles. The molecule has 0 bridgehead atoms. The van der Waals surface area contributed by atoms with Gasteiger partial charge in [-0.15, -0.1) is 0 Å². The van der Waals surface area contributed by atoms with Gasteiger partial charge in [-0.05, 0) is 40.0 Å². The molecular formula is C12H17BrN2O4S. The minimum atomic E-state index is -3.88. The van der Waals surface area contributed by atoms with Gasteiger partial charge in [0.25, 0.3) is 5.91 Å². The Morgan fingerprint density at radius 3 is 2.70 bits per heavy atom. The van der Waals surface area contributed by atoms with Crippen LogP contribution in [0.4, 0.5) is 0 Å². The number of nitrogens with one attached hydrogen (secondary N) is 1. The van der Waals surface area contributed by atoms with Gasteiger partial charge in [0.1, 0.15) is 0 Å². The zero-order valence-corrected chi connectivity index (χ0v) is 13.6. The number of carbonyl (C=O) groups is 1. The fraction of sp³-hybridized carbons (Fsp3) is 0.417. The fourth-order valence-corrected chi connectivity index (χ4v) is 3.13. The van der Waals surface area contributed by atoms with E-state index in [0.717, 1.165) is 0 Å². The molecule has 0 saturated heterocycles. The molecule has 1 aromatic carbocycles. The first-order valence-electron chi connectivity index (χ1n) is 5.85. The van der Waals surface area contributed by atoms with Crippen LogP contribution in [0.3, 0.4) is 0 Å². The molecule has 0 spiro atoms. The number of sulfonamides is 1. The van der Waals surface area contributed by atoms with Gasteiger partial charge in [0, 0.05) is 23.7 Å². The number of primary sulfonamides is 1. The van der Waals surface area contributed by atoms with Gasteiger partial charge in [0.05, 0.1) is 11.5 Å². The Labute approximate surface area is 126 Å². The number of rotatable bonds is 6. The van der Waals surface area contributed by atoms with Gasteiger partial charge >= 0.3 is 0 Å². The highest BCUT2D eigenvalue weighted by atomic mass is 79.9. The Morgan fingerprint density at radius 1 is 1.50 bits per heavy atom. The van der Waals surface area contributed by atoms with Crippen molar-refractivity contribution in [2.75, 3.05) is 20.3 Å². The summed E-state index contributed by atoms with van der Waals surface area (Å²) in [6, 6.07) is 4.25. The van der Waals surface area contributed by atoms with Crippen molar-refractivity contribution in [3.63, 3.8) is 0 Å². The van der Waals surface area contributed by atoms with E-state index in [-0.39, 0.29) is 22.3 Å². The lowest BCUT2D eigenvalue weighted by molar-refractivity contribution is 0.0934. The highest BCUT2D eigenvalue weighted by molar-refractivity contribution is 9.10. The summed E-state index contributed by atoms with van der Waals surface area (Å²) in [5.74, 6) is -0.192. The molecule has 112 valence electrons. The van der Waals surface area contributed by atoms with Crippen LogP contribution in [0.2, 0.25) is 0 Å². The number of hydrogen-bond acceptors (Lipinski definition) is 4.